The van der Waals surface area contributed by atoms with Crippen LogP contribution in [0.3, 0.4) is 0 Å². The van der Waals surface area contributed by atoms with Gasteiger partial charge in [0.1, 0.15) is 9.79 Å². The molecule has 22 heavy (non-hydrogen) atoms. The second-order valence-electron chi connectivity index (χ2n) is 4.78. The smallest absolute Gasteiger partial charge is 0.339 e. The Morgan fingerprint density at radius 2 is 1.41 bits per heavy atom. The van der Waals surface area contributed by atoms with Crippen molar-refractivity contribution in [2.45, 2.75) is 23.6 Å². The van der Waals surface area contributed by atoms with E-state index in [9.17, 15) is 16.8 Å². The molecule has 0 aliphatic heterocycles. The molecular formula is C14H14O6S2. The van der Waals surface area contributed by atoms with E-state index in [2.05, 4.69) is 0 Å². The first-order chi connectivity index (χ1) is 10.1. The van der Waals surface area contributed by atoms with Crippen LogP contribution in [0.2, 0.25) is 0 Å². The Bertz CT molecular complexity index is 897. The van der Waals surface area contributed by atoms with Crippen molar-refractivity contribution in [2.75, 3.05) is 0 Å². The third-order valence-electron chi connectivity index (χ3n) is 2.89. The molecule has 0 heterocycles. The maximum absolute atomic E-state index is 12.2. The van der Waals surface area contributed by atoms with Crippen molar-refractivity contribution < 1.29 is 25.6 Å². The maximum atomic E-state index is 12.2. The molecule has 0 bridgehead atoms. The topological polar surface area (TPSA) is 97.7 Å². The molecular weight excluding hydrogens is 328 g/mol. The van der Waals surface area contributed by atoms with Crippen molar-refractivity contribution in [2.24, 2.45) is 0 Å². The van der Waals surface area contributed by atoms with Gasteiger partial charge < -0.3 is 4.18 Å². The minimum absolute atomic E-state index is 0.110. The Hall–Kier alpha value is -1.90. The van der Waals surface area contributed by atoms with E-state index in [1.165, 1.54) is 24.3 Å². The molecule has 0 aliphatic carbocycles. The molecule has 118 valence electrons. The zero-order valence-corrected chi connectivity index (χ0v) is 13.5. The Balaban J connectivity index is 2.50. The second-order valence-corrected chi connectivity index (χ2v) is 7.71. The van der Waals surface area contributed by atoms with E-state index in [1.807, 2.05) is 0 Å². The van der Waals surface area contributed by atoms with Gasteiger partial charge in [-0.1, -0.05) is 23.8 Å². The van der Waals surface area contributed by atoms with Gasteiger partial charge in [-0.05, 0) is 43.7 Å². The lowest BCUT2D eigenvalue weighted by atomic mass is 10.2. The molecule has 2 aromatic carbocycles. The van der Waals surface area contributed by atoms with E-state index in [1.54, 1.807) is 26.0 Å². The van der Waals surface area contributed by atoms with Gasteiger partial charge in [0.25, 0.3) is 10.1 Å². The van der Waals surface area contributed by atoms with E-state index >= 15 is 0 Å². The van der Waals surface area contributed by atoms with Crippen LogP contribution in [0.1, 0.15) is 11.1 Å². The van der Waals surface area contributed by atoms with Crippen LogP contribution in [-0.4, -0.2) is 21.4 Å². The van der Waals surface area contributed by atoms with Gasteiger partial charge >= 0.3 is 10.1 Å². The number of aryl methyl sites for hydroxylation is 2. The highest BCUT2D eigenvalue weighted by Gasteiger charge is 2.23. The molecule has 0 aliphatic rings. The lowest BCUT2D eigenvalue weighted by Gasteiger charge is -2.11. The fourth-order valence-electron chi connectivity index (χ4n) is 1.76. The monoisotopic (exact) mass is 342 g/mol. The highest BCUT2D eigenvalue weighted by atomic mass is 32.2. The number of hydrogen-bond donors (Lipinski definition) is 1. The van der Waals surface area contributed by atoms with Crippen molar-refractivity contribution >= 4 is 20.2 Å². The van der Waals surface area contributed by atoms with E-state index < -0.39 is 30.9 Å². The van der Waals surface area contributed by atoms with Gasteiger partial charge in [0, 0.05) is 0 Å². The predicted molar refractivity (Wildman–Crippen MR) is 80.0 cm³/mol. The van der Waals surface area contributed by atoms with E-state index in [4.69, 9.17) is 8.74 Å². The van der Waals surface area contributed by atoms with Gasteiger partial charge in [0.05, 0.1) is 0 Å². The molecule has 8 heteroatoms. The summed E-state index contributed by atoms with van der Waals surface area (Å²) in [6, 6.07) is 9.64. The quantitative estimate of drug-likeness (QED) is 0.676. The summed E-state index contributed by atoms with van der Waals surface area (Å²) in [5, 5.41) is 0. The van der Waals surface area contributed by atoms with Crippen molar-refractivity contribution in [1.82, 2.24) is 0 Å². The van der Waals surface area contributed by atoms with Gasteiger partial charge in [-0.3, -0.25) is 4.55 Å². The minimum Gasteiger partial charge on any atom is -0.377 e. The Morgan fingerprint density at radius 1 is 0.864 bits per heavy atom. The summed E-state index contributed by atoms with van der Waals surface area (Å²) in [6.45, 7) is 3.44. The molecule has 0 unspecified atom stereocenters. The van der Waals surface area contributed by atoms with Crippen LogP contribution in [0, 0.1) is 13.8 Å². The largest absolute Gasteiger partial charge is 0.377 e. The van der Waals surface area contributed by atoms with Crippen LogP contribution in [-0.2, 0) is 20.2 Å². The van der Waals surface area contributed by atoms with Crippen molar-refractivity contribution in [3.63, 3.8) is 0 Å². The molecule has 2 aromatic rings. The molecule has 0 amide bonds. The zero-order valence-electron chi connectivity index (χ0n) is 11.8. The van der Waals surface area contributed by atoms with E-state index in [-0.39, 0.29) is 4.90 Å². The first-order valence-electron chi connectivity index (χ1n) is 6.19. The van der Waals surface area contributed by atoms with Gasteiger partial charge in [-0.2, -0.15) is 16.8 Å². The molecule has 0 saturated carbocycles. The van der Waals surface area contributed by atoms with Crippen LogP contribution < -0.4 is 4.18 Å². The average molecular weight is 342 g/mol. The molecule has 0 aromatic heterocycles. The Labute approximate surface area is 129 Å². The van der Waals surface area contributed by atoms with Crippen LogP contribution in [0.25, 0.3) is 0 Å². The molecule has 6 nitrogen and oxygen atoms in total. The van der Waals surface area contributed by atoms with Crippen molar-refractivity contribution in [1.29, 1.82) is 0 Å². The number of rotatable bonds is 4. The summed E-state index contributed by atoms with van der Waals surface area (Å²) in [6.07, 6.45) is 0. The van der Waals surface area contributed by atoms with Crippen LogP contribution in [0.4, 0.5) is 0 Å². The SMILES string of the molecule is Cc1ccc(S(=O)(=O)Oc2cc(C)ccc2S(=O)(=O)O)cc1. The summed E-state index contributed by atoms with van der Waals surface area (Å²) >= 11 is 0. The highest BCUT2D eigenvalue weighted by molar-refractivity contribution is 7.87. The fraction of sp³-hybridized carbons (Fsp3) is 0.143. The standard InChI is InChI=1S/C14H14O6S2/c1-10-3-6-12(7-4-10)22(18,19)20-13-9-11(2)5-8-14(13)21(15,16)17/h3-9H,1-2H3,(H,15,16,17). The zero-order chi connectivity index (χ0) is 16.5. The first kappa shape index (κ1) is 16.5. The van der Waals surface area contributed by atoms with Crippen LogP contribution in [0.15, 0.2) is 52.3 Å². The summed E-state index contributed by atoms with van der Waals surface area (Å²) in [5.41, 5.74) is 1.45. The van der Waals surface area contributed by atoms with Crippen molar-refractivity contribution in [3.8, 4) is 5.75 Å². The first-order valence-corrected chi connectivity index (χ1v) is 9.04. The number of hydrogen-bond acceptors (Lipinski definition) is 5. The molecule has 0 fully saturated rings. The van der Waals surface area contributed by atoms with Gasteiger partial charge in [-0.15, -0.1) is 0 Å². The lowest BCUT2D eigenvalue weighted by molar-refractivity contribution is 0.463. The highest BCUT2D eigenvalue weighted by Crippen LogP contribution is 2.28. The minimum atomic E-state index is -4.60. The molecule has 0 saturated heterocycles. The normalized spacial score (nSPS) is 12.1. The second kappa shape index (κ2) is 5.71. The van der Waals surface area contributed by atoms with E-state index in [0.29, 0.717) is 5.56 Å². The maximum Gasteiger partial charge on any atom is 0.339 e. The summed E-state index contributed by atoms with van der Waals surface area (Å²) < 4.78 is 61.1. The predicted octanol–water partition coefficient (Wildman–Crippen LogP) is 2.32. The Morgan fingerprint density at radius 3 is 1.95 bits per heavy atom. The van der Waals surface area contributed by atoms with Gasteiger partial charge in [0.2, 0.25) is 0 Å². The molecule has 0 atom stereocenters. The van der Waals surface area contributed by atoms with Gasteiger partial charge in [0.15, 0.2) is 5.75 Å². The molecule has 0 radical (unpaired) electrons. The summed E-state index contributed by atoms with van der Waals surface area (Å²) in [5.74, 6) is -0.442. The van der Waals surface area contributed by atoms with Crippen molar-refractivity contribution in [3.05, 3.63) is 53.6 Å². The van der Waals surface area contributed by atoms with E-state index in [0.717, 1.165) is 11.6 Å². The number of benzene rings is 2. The molecule has 2 rings (SSSR count). The fourth-order valence-corrected chi connectivity index (χ4v) is 3.35. The lowest BCUT2D eigenvalue weighted by Crippen LogP contribution is -2.12. The third-order valence-corrected chi connectivity index (χ3v) is 5.03. The summed E-state index contributed by atoms with van der Waals surface area (Å²) in [7, 11) is -8.81. The van der Waals surface area contributed by atoms with Crippen LogP contribution in [0.5, 0.6) is 5.75 Å². The average Bonchev–Trinajstić information content (AvgIpc) is 2.37. The van der Waals surface area contributed by atoms with Crippen LogP contribution >= 0.6 is 0 Å². The molecule has 0 spiro atoms. The molecule has 1 N–H and O–H groups in total. The summed E-state index contributed by atoms with van der Waals surface area (Å²) in [4.78, 5) is -0.713. The third kappa shape index (κ3) is 3.65. The Kier molecular flexibility index (Phi) is 4.28. The van der Waals surface area contributed by atoms with Gasteiger partial charge in [-0.25, -0.2) is 0 Å².